The molecule has 0 atom stereocenters. The fourth-order valence-corrected chi connectivity index (χ4v) is 1.86. The Morgan fingerprint density at radius 1 is 1.16 bits per heavy atom. The number of aromatic nitrogens is 2. The summed E-state index contributed by atoms with van der Waals surface area (Å²) in [5.74, 6) is -1.55. The first-order valence-electron chi connectivity index (χ1n) is 7.07. The van der Waals surface area contributed by atoms with Crippen LogP contribution >= 0.6 is 0 Å². The van der Waals surface area contributed by atoms with Crippen LogP contribution < -0.4 is 21.9 Å². The molecule has 0 aliphatic carbocycles. The van der Waals surface area contributed by atoms with E-state index in [1.54, 1.807) is 24.3 Å². The summed E-state index contributed by atoms with van der Waals surface area (Å²) in [5.41, 5.74) is 10.1. The van der Waals surface area contributed by atoms with E-state index in [4.69, 9.17) is 5.73 Å². The third-order valence-electron chi connectivity index (χ3n) is 3.01. The zero-order valence-corrected chi connectivity index (χ0v) is 12.9. The second kappa shape index (κ2) is 8.19. The molecule has 0 spiro atoms. The summed E-state index contributed by atoms with van der Waals surface area (Å²) in [6.07, 6.45) is 1.15. The van der Waals surface area contributed by atoms with Gasteiger partial charge in [0, 0.05) is 0 Å². The zero-order valence-electron chi connectivity index (χ0n) is 12.9. The minimum atomic E-state index is -0.772. The van der Waals surface area contributed by atoms with E-state index in [-0.39, 0.29) is 30.5 Å². The van der Waals surface area contributed by atoms with Crippen LogP contribution in [0.3, 0.4) is 0 Å². The zero-order chi connectivity index (χ0) is 18.2. The van der Waals surface area contributed by atoms with Crippen molar-refractivity contribution in [3.63, 3.8) is 0 Å². The summed E-state index contributed by atoms with van der Waals surface area (Å²) in [7, 11) is 0. The number of hydrogen-bond donors (Lipinski definition) is 4. The first-order valence-corrected chi connectivity index (χ1v) is 7.07. The number of hydrazine groups is 1. The van der Waals surface area contributed by atoms with Crippen molar-refractivity contribution in [2.45, 2.75) is 6.42 Å². The monoisotopic (exact) mass is 345 g/mol. The molecule has 1 aromatic heterocycles. The van der Waals surface area contributed by atoms with Crippen molar-refractivity contribution >= 4 is 29.1 Å². The van der Waals surface area contributed by atoms with Gasteiger partial charge in [-0.15, -0.1) is 0 Å². The van der Waals surface area contributed by atoms with Gasteiger partial charge in [-0.05, 0) is 5.56 Å². The number of nitro groups is 1. The molecule has 130 valence electrons. The molecule has 0 unspecified atom stereocenters. The molecule has 5 N–H and O–H groups in total. The third kappa shape index (κ3) is 5.13. The van der Waals surface area contributed by atoms with Gasteiger partial charge >= 0.3 is 5.69 Å². The fraction of sp³-hybridized carbons (Fsp3) is 0.143. The molecule has 0 aliphatic heterocycles. The average Bonchev–Trinajstić information content (AvgIpc) is 2.58. The van der Waals surface area contributed by atoms with Crippen LogP contribution in [0.15, 0.2) is 36.7 Å². The smallest absolute Gasteiger partial charge is 0.354 e. The first kappa shape index (κ1) is 17.6. The number of hydrogen-bond acceptors (Lipinski definition) is 8. The van der Waals surface area contributed by atoms with Gasteiger partial charge in [-0.2, -0.15) is 0 Å². The number of nitrogens with zero attached hydrogens (tertiary/aromatic N) is 3. The molecule has 1 aromatic carbocycles. The Morgan fingerprint density at radius 3 is 2.56 bits per heavy atom. The highest BCUT2D eigenvalue weighted by molar-refractivity contribution is 5.86. The van der Waals surface area contributed by atoms with Crippen LogP contribution in [0.5, 0.6) is 0 Å². The van der Waals surface area contributed by atoms with Gasteiger partial charge in [0.1, 0.15) is 6.33 Å². The number of benzene rings is 1. The van der Waals surface area contributed by atoms with Gasteiger partial charge in [0.25, 0.3) is 5.91 Å². The molecule has 0 saturated heterocycles. The molecule has 11 nitrogen and oxygen atoms in total. The van der Waals surface area contributed by atoms with Crippen molar-refractivity contribution in [3.8, 4) is 0 Å². The summed E-state index contributed by atoms with van der Waals surface area (Å²) in [4.78, 5) is 40.7. The molecule has 2 rings (SSSR count). The van der Waals surface area contributed by atoms with E-state index < -0.39 is 16.5 Å². The SMILES string of the molecule is Nc1ncnc(NNC(=O)CNC(=O)Cc2ccccc2)c1[N+](=O)[O-]. The lowest BCUT2D eigenvalue weighted by molar-refractivity contribution is -0.383. The largest absolute Gasteiger partial charge is 0.378 e. The van der Waals surface area contributed by atoms with Crippen molar-refractivity contribution in [1.82, 2.24) is 20.7 Å². The molecule has 2 aromatic rings. The predicted molar refractivity (Wildman–Crippen MR) is 88.0 cm³/mol. The maximum Gasteiger partial charge on any atom is 0.354 e. The number of amides is 2. The summed E-state index contributed by atoms with van der Waals surface area (Å²) in [6, 6.07) is 9.03. The maximum absolute atomic E-state index is 11.7. The number of nitrogen functional groups attached to an aromatic ring is 1. The second-order valence-corrected chi connectivity index (χ2v) is 4.83. The molecule has 0 bridgehead atoms. The van der Waals surface area contributed by atoms with Gasteiger partial charge in [-0.3, -0.25) is 30.6 Å². The van der Waals surface area contributed by atoms with Gasteiger partial charge in [0.05, 0.1) is 17.9 Å². The third-order valence-corrected chi connectivity index (χ3v) is 3.01. The van der Waals surface area contributed by atoms with E-state index in [0.29, 0.717) is 0 Å². The fourth-order valence-electron chi connectivity index (χ4n) is 1.86. The van der Waals surface area contributed by atoms with Crippen LogP contribution in [0.1, 0.15) is 5.56 Å². The topological polar surface area (TPSA) is 165 Å². The summed E-state index contributed by atoms with van der Waals surface area (Å²) in [5, 5.41) is 13.3. The lowest BCUT2D eigenvalue weighted by Gasteiger charge is -2.09. The van der Waals surface area contributed by atoms with E-state index in [1.807, 2.05) is 6.07 Å². The van der Waals surface area contributed by atoms with Crippen molar-refractivity contribution in [1.29, 1.82) is 0 Å². The van der Waals surface area contributed by atoms with Gasteiger partial charge in [0.2, 0.25) is 17.5 Å². The molecule has 11 heteroatoms. The molecular formula is C14H15N7O4. The van der Waals surface area contributed by atoms with E-state index in [1.165, 1.54) is 0 Å². The molecule has 0 fully saturated rings. The van der Waals surface area contributed by atoms with Crippen LogP contribution in [0.4, 0.5) is 17.3 Å². The quantitative estimate of drug-likeness (QED) is 0.394. The number of carbonyl (C=O) groups is 2. The minimum absolute atomic E-state index is 0.134. The van der Waals surface area contributed by atoms with E-state index in [2.05, 4.69) is 26.1 Å². The lowest BCUT2D eigenvalue weighted by Crippen LogP contribution is -2.40. The highest BCUT2D eigenvalue weighted by Crippen LogP contribution is 2.25. The number of rotatable bonds is 7. The van der Waals surface area contributed by atoms with Crippen LogP contribution in [0.25, 0.3) is 0 Å². The van der Waals surface area contributed by atoms with Gasteiger partial charge in [-0.1, -0.05) is 30.3 Å². The molecule has 0 saturated carbocycles. The number of nitrogens with two attached hydrogens (primary N) is 1. The molecule has 2 amide bonds. The van der Waals surface area contributed by atoms with Crippen LogP contribution in [-0.2, 0) is 16.0 Å². The summed E-state index contributed by atoms with van der Waals surface area (Å²) < 4.78 is 0. The molecular weight excluding hydrogens is 330 g/mol. The molecule has 25 heavy (non-hydrogen) atoms. The highest BCUT2D eigenvalue weighted by Gasteiger charge is 2.21. The van der Waals surface area contributed by atoms with E-state index >= 15 is 0 Å². The van der Waals surface area contributed by atoms with Crippen molar-refractivity contribution in [2.24, 2.45) is 0 Å². The second-order valence-electron chi connectivity index (χ2n) is 4.83. The average molecular weight is 345 g/mol. The predicted octanol–water partition coefficient (Wildman–Crippen LogP) is -0.231. The van der Waals surface area contributed by atoms with E-state index in [0.717, 1.165) is 11.9 Å². The molecule has 0 radical (unpaired) electrons. The lowest BCUT2D eigenvalue weighted by atomic mass is 10.1. The number of carbonyl (C=O) groups excluding carboxylic acids is 2. The number of anilines is 2. The minimum Gasteiger partial charge on any atom is -0.378 e. The van der Waals surface area contributed by atoms with Gasteiger partial charge in [0.15, 0.2) is 0 Å². The van der Waals surface area contributed by atoms with Crippen molar-refractivity contribution < 1.29 is 14.5 Å². The van der Waals surface area contributed by atoms with Crippen molar-refractivity contribution in [3.05, 3.63) is 52.3 Å². The van der Waals surface area contributed by atoms with E-state index in [9.17, 15) is 19.7 Å². The first-order chi connectivity index (χ1) is 12.0. The van der Waals surface area contributed by atoms with Crippen LogP contribution in [-0.4, -0.2) is 33.3 Å². The summed E-state index contributed by atoms with van der Waals surface area (Å²) >= 11 is 0. The Kier molecular flexibility index (Phi) is 5.77. The Hall–Kier alpha value is -3.76. The van der Waals surface area contributed by atoms with Crippen LogP contribution in [0.2, 0.25) is 0 Å². The van der Waals surface area contributed by atoms with Gasteiger partial charge < -0.3 is 11.1 Å². The molecule has 1 heterocycles. The Balaban J connectivity index is 1.82. The van der Waals surface area contributed by atoms with Crippen LogP contribution in [0, 0.1) is 10.1 Å². The molecule has 0 aliphatic rings. The van der Waals surface area contributed by atoms with Crippen molar-refractivity contribution in [2.75, 3.05) is 17.7 Å². The number of nitrogens with one attached hydrogen (secondary N) is 3. The normalized spacial score (nSPS) is 9.92. The Bertz CT molecular complexity index is 782. The standard InChI is InChI=1S/C14H15N7O4/c15-13-12(21(24)25)14(18-8-17-13)20-19-11(23)7-16-10(22)6-9-4-2-1-3-5-9/h1-5,8H,6-7H2,(H,16,22)(H,19,23)(H3,15,17,18,20). The summed E-state index contributed by atoms with van der Waals surface area (Å²) in [6.45, 7) is -0.312. The highest BCUT2D eigenvalue weighted by atomic mass is 16.6. The Morgan fingerprint density at radius 2 is 1.88 bits per heavy atom. The maximum atomic E-state index is 11.7. The Labute approximate surface area is 141 Å². The van der Waals surface area contributed by atoms with Gasteiger partial charge in [-0.25, -0.2) is 9.97 Å².